The van der Waals surface area contributed by atoms with Crippen LogP contribution in [-0.4, -0.2) is 60.5 Å². The summed E-state index contributed by atoms with van der Waals surface area (Å²) in [7, 11) is 2.37. The minimum absolute atomic E-state index is 0.0146. The number of carbonyl (C=O) groups excluding carboxylic acids is 2. The number of hydrogen-bond acceptors (Lipinski definition) is 8. The van der Waals surface area contributed by atoms with Crippen LogP contribution < -0.4 is 4.74 Å². The molecule has 3 aromatic rings. The Labute approximate surface area is 258 Å². The number of esters is 2. The number of methoxy groups -OCH3 is 2. The fourth-order valence-corrected chi connectivity index (χ4v) is 5.77. The molecule has 0 aliphatic carbocycles. The Hall–Kier alpha value is -4.77. The highest BCUT2D eigenvalue weighted by atomic mass is 19.4. The minimum Gasteiger partial charge on any atom is -0.508 e. The molecule has 2 heterocycles. The Bertz CT molecular complexity index is 1610. The Morgan fingerprint density at radius 1 is 0.867 bits per heavy atom. The standard InChI is InChI=1S/C34H33F3N2O6/c1-43-32(41)29-17-25-12-13-26(40)18-28(25)31(24-10-8-22(9-11-24)19-38-14-3-4-15-38)39(21-30(29)33(42)44-2)20-23-6-5-7-27(16-23)45-34(35,36)37/h5-13,16-18,21,31,40H,3-4,14-15,19-20H2,1-2H3. The number of alkyl halides is 3. The first kappa shape index (κ1) is 31.6. The number of nitrogens with zero attached hydrogens (tertiary/aromatic N) is 2. The molecule has 2 aliphatic heterocycles. The number of rotatable bonds is 8. The molecule has 1 fully saturated rings. The normalized spacial score (nSPS) is 17.0. The molecule has 0 bridgehead atoms. The van der Waals surface area contributed by atoms with E-state index in [4.69, 9.17) is 9.47 Å². The Balaban J connectivity index is 1.67. The third-order valence-corrected chi connectivity index (χ3v) is 7.79. The zero-order chi connectivity index (χ0) is 32.1. The molecule has 45 heavy (non-hydrogen) atoms. The number of hydrogen-bond donors (Lipinski definition) is 1. The van der Waals surface area contributed by atoms with Crippen LogP contribution in [0.4, 0.5) is 13.2 Å². The Morgan fingerprint density at radius 2 is 1.56 bits per heavy atom. The summed E-state index contributed by atoms with van der Waals surface area (Å²) in [5.74, 6) is -2.04. The molecular weight excluding hydrogens is 589 g/mol. The molecular formula is C34H33F3N2O6. The first-order chi connectivity index (χ1) is 21.5. The minimum atomic E-state index is -4.88. The van der Waals surface area contributed by atoms with Gasteiger partial charge in [0.15, 0.2) is 0 Å². The maximum Gasteiger partial charge on any atom is 0.573 e. The SMILES string of the molecule is COC(=O)C1=Cc2ccc(O)cc2C(c2ccc(CN3CCCC3)cc2)N(Cc2cccc(OC(F)(F)F)c2)C=C1C(=O)OC. The average Bonchev–Trinajstić information content (AvgIpc) is 3.51. The number of fused-ring (bicyclic) bond motifs is 1. The third kappa shape index (κ3) is 7.66. The molecule has 5 rings (SSSR count). The summed E-state index contributed by atoms with van der Waals surface area (Å²) in [6.45, 7) is 2.87. The van der Waals surface area contributed by atoms with E-state index in [1.165, 1.54) is 63.6 Å². The zero-order valence-corrected chi connectivity index (χ0v) is 24.8. The molecule has 1 atom stereocenters. The number of phenols is 1. The second kappa shape index (κ2) is 13.5. The molecule has 1 saturated heterocycles. The van der Waals surface area contributed by atoms with Crippen molar-refractivity contribution in [3.05, 3.63) is 112 Å². The summed E-state index contributed by atoms with van der Waals surface area (Å²) in [5.41, 5.74) is 3.24. The molecule has 0 amide bonds. The molecule has 0 saturated carbocycles. The van der Waals surface area contributed by atoms with Crippen LogP contribution in [0.25, 0.3) is 6.08 Å². The number of benzene rings is 3. The van der Waals surface area contributed by atoms with E-state index >= 15 is 0 Å². The molecule has 236 valence electrons. The van der Waals surface area contributed by atoms with E-state index in [1.807, 2.05) is 24.3 Å². The molecule has 0 aromatic heterocycles. The van der Waals surface area contributed by atoms with Gasteiger partial charge >= 0.3 is 18.3 Å². The van der Waals surface area contributed by atoms with Crippen LogP contribution >= 0.6 is 0 Å². The maximum absolute atomic E-state index is 13.1. The van der Waals surface area contributed by atoms with Gasteiger partial charge in [-0.2, -0.15) is 0 Å². The smallest absolute Gasteiger partial charge is 0.508 e. The average molecular weight is 623 g/mol. The van der Waals surface area contributed by atoms with Crippen molar-refractivity contribution in [2.45, 2.75) is 38.3 Å². The van der Waals surface area contributed by atoms with Crippen molar-refractivity contribution in [2.24, 2.45) is 0 Å². The van der Waals surface area contributed by atoms with Gasteiger partial charge in [0, 0.05) is 19.3 Å². The van der Waals surface area contributed by atoms with Gasteiger partial charge in [0.1, 0.15) is 11.5 Å². The summed E-state index contributed by atoms with van der Waals surface area (Å²) < 4.78 is 53.3. The Kier molecular flexibility index (Phi) is 9.48. The van der Waals surface area contributed by atoms with Crippen molar-refractivity contribution < 1.29 is 42.1 Å². The first-order valence-electron chi connectivity index (χ1n) is 14.4. The van der Waals surface area contributed by atoms with Crippen molar-refractivity contribution in [1.82, 2.24) is 9.80 Å². The van der Waals surface area contributed by atoms with E-state index in [2.05, 4.69) is 9.64 Å². The van der Waals surface area contributed by atoms with Gasteiger partial charge in [-0.3, -0.25) is 4.90 Å². The molecule has 11 heteroatoms. The lowest BCUT2D eigenvalue weighted by atomic mass is 9.88. The van der Waals surface area contributed by atoms with E-state index in [9.17, 15) is 27.9 Å². The number of halogens is 3. The summed E-state index contributed by atoms with van der Waals surface area (Å²) in [6.07, 6.45) is 0.406. The highest BCUT2D eigenvalue weighted by Gasteiger charge is 2.33. The van der Waals surface area contributed by atoms with Crippen LogP contribution in [0.15, 0.2) is 84.1 Å². The highest BCUT2D eigenvalue weighted by molar-refractivity contribution is 6.10. The van der Waals surface area contributed by atoms with E-state index in [-0.39, 0.29) is 23.4 Å². The lowest BCUT2D eigenvalue weighted by Crippen LogP contribution is -2.29. The largest absolute Gasteiger partial charge is 0.573 e. The van der Waals surface area contributed by atoms with Gasteiger partial charge in [0.25, 0.3) is 0 Å². The van der Waals surface area contributed by atoms with Crippen molar-refractivity contribution >= 4 is 18.0 Å². The van der Waals surface area contributed by atoms with Crippen LogP contribution in [-0.2, 0) is 32.2 Å². The van der Waals surface area contributed by atoms with Crippen LogP contribution in [0.3, 0.4) is 0 Å². The van der Waals surface area contributed by atoms with Crippen molar-refractivity contribution in [3.63, 3.8) is 0 Å². The van der Waals surface area contributed by atoms with Crippen molar-refractivity contribution in [2.75, 3.05) is 27.3 Å². The number of likely N-dealkylation sites (tertiary alicyclic amines) is 1. The van der Waals surface area contributed by atoms with E-state index in [1.54, 1.807) is 23.1 Å². The van der Waals surface area contributed by atoms with Crippen LogP contribution in [0.1, 0.15) is 46.7 Å². The van der Waals surface area contributed by atoms with E-state index < -0.39 is 30.1 Å². The number of ether oxygens (including phenoxy) is 3. The quantitative estimate of drug-likeness (QED) is 0.302. The van der Waals surface area contributed by atoms with Crippen molar-refractivity contribution in [1.29, 1.82) is 0 Å². The number of carbonyl (C=O) groups is 2. The second-order valence-corrected chi connectivity index (χ2v) is 10.9. The topological polar surface area (TPSA) is 88.5 Å². The van der Waals surface area contributed by atoms with Crippen LogP contribution in [0.5, 0.6) is 11.5 Å². The fourth-order valence-electron chi connectivity index (χ4n) is 5.77. The monoisotopic (exact) mass is 622 g/mol. The van der Waals surface area contributed by atoms with Gasteiger partial charge in [0.2, 0.25) is 0 Å². The van der Waals surface area contributed by atoms with E-state index in [0.717, 1.165) is 30.8 Å². The van der Waals surface area contributed by atoms with Gasteiger partial charge < -0.3 is 24.2 Å². The molecule has 0 spiro atoms. The predicted octanol–water partition coefficient (Wildman–Crippen LogP) is 6.11. The van der Waals surface area contributed by atoms with Gasteiger partial charge in [0.05, 0.1) is 31.4 Å². The first-order valence-corrected chi connectivity index (χ1v) is 14.4. The lowest BCUT2D eigenvalue weighted by molar-refractivity contribution is -0.274. The summed E-state index contributed by atoms with van der Waals surface area (Å²) in [4.78, 5) is 30.2. The number of aromatic hydroxyl groups is 1. The third-order valence-electron chi connectivity index (χ3n) is 7.79. The molecule has 3 aromatic carbocycles. The fraction of sp³-hybridized carbons (Fsp3) is 0.294. The summed E-state index contributed by atoms with van der Waals surface area (Å²) >= 11 is 0. The highest BCUT2D eigenvalue weighted by Crippen LogP contribution is 2.39. The number of phenolic OH excluding ortho intramolecular Hbond substituents is 1. The predicted molar refractivity (Wildman–Crippen MR) is 160 cm³/mol. The molecule has 0 radical (unpaired) electrons. The second-order valence-electron chi connectivity index (χ2n) is 10.9. The summed E-state index contributed by atoms with van der Waals surface area (Å²) in [5, 5.41) is 10.6. The molecule has 1 N–H and O–H groups in total. The van der Waals surface area contributed by atoms with Crippen LogP contribution in [0.2, 0.25) is 0 Å². The zero-order valence-electron chi connectivity index (χ0n) is 24.8. The lowest BCUT2D eigenvalue weighted by Gasteiger charge is -2.35. The van der Waals surface area contributed by atoms with Gasteiger partial charge in [-0.15, -0.1) is 13.2 Å². The molecule has 2 aliphatic rings. The maximum atomic E-state index is 13.1. The Morgan fingerprint density at radius 3 is 2.22 bits per heavy atom. The molecule has 1 unspecified atom stereocenters. The van der Waals surface area contributed by atoms with Crippen molar-refractivity contribution in [3.8, 4) is 11.5 Å². The van der Waals surface area contributed by atoms with Crippen LogP contribution in [0, 0.1) is 0 Å². The summed E-state index contributed by atoms with van der Waals surface area (Å²) in [6, 6.07) is 17.5. The van der Waals surface area contributed by atoms with Gasteiger partial charge in [-0.1, -0.05) is 42.5 Å². The van der Waals surface area contributed by atoms with Gasteiger partial charge in [-0.25, -0.2) is 9.59 Å². The van der Waals surface area contributed by atoms with Gasteiger partial charge in [-0.05, 0) is 84.1 Å². The molecule has 8 nitrogen and oxygen atoms in total. The van der Waals surface area contributed by atoms with E-state index in [0.29, 0.717) is 16.7 Å².